The van der Waals surface area contributed by atoms with Crippen molar-refractivity contribution in [3.63, 3.8) is 0 Å². The minimum Gasteiger partial charge on any atom is -0.497 e. The first-order valence-electron chi connectivity index (χ1n) is 6.52. The minimum atomic E-state index is -0.357. The lowest BCUT2D eigenvalue weighted by Crippen LogP contribution is -2.08. The van der Waals surface area contributed by atoms with Gasteiger partial charge in [0, 0.05) is 17.7 Å². The van der Waals surface area contributed by atoms with Crippen molar-refractivity contribution in [3.8, 4) is 11.5 Å². The van der Waals surface area contributed by atoms with Gasteiger partial charge in [-0.1, -0.05) is 17.7 Å². The molecule has 2 aromatic carbocycles. The predicted octanol–water partition coefficient (Wildman–Crippen LogP) is 3.79. The van der Waals surface area contributed by atoms with Crippen LogP contribution >= 0.6 is 11.6 Å². The fraction of sp³-hybridized carbons (Fsp3) is 0.250. The number of benzene rings is 2. The maximum atomic E-state index is 13.0. The Hall–Kier alpha value is -1.78. The highest BCUT2D eigenvalue weighted by Crippen LogP contribution is 2.26. The van der Waals surface area contributed by atoms with E-state index in [1.54, 1.807) is 13.2 Å². The van der Waals surface area contributed by atoms with Crippen molar-refractivity contribution in [3.05, 3.63) is 58.4 Å². The van der Waals surface area contributed by atoms with Gasteiger partial charge in [-0.15, -0.1) is 0 Å². The number of hydrogen-bond acceptors (Lipinski definition) is 3. The Labute approximate surface area is 128 Å². The van der Waals surface area contributed by atoms with Gasteiger partial charge in [-0.05, 0) is 37.4 Å². The summed E-state index contributed by atoms with van der Waals surface area (Å²) in [6.45, 7) is 0.936. The van der Waals surface area contributed by atoms with E-state index in [0.717, 1.165) is 22.6 Å². The summed E-state index contributed by atoms with van der Waals surface area (Å²) in [6.07, 6.45) is 0. The van der Waals surface area contributed by atoms with Gasteiger partial charge >= 0.3 is 0 Å². The van der Waals surface area contributed by atoms with Crippen LogP contribution < -0.4 is 14.8 Å². The van der Waals surface area contributed by atoms with Gasteiger partial charge in [-0.2, -0.15) is 0 Å². The average Bonchev–Trinajstić information content (AvgIpc) is 2.47. The fourth-order valence-corrected chi connectivity index (χ4v) is 2.17. The van der Waals surface area contributed by atoms with Crippen molar-refractivity contribution in [2.24, 2.45) is 0 Å². The van der Waals surface area contributed by atoms with Crippen molar-refractivity contribution in [1.29, 1.82) is 0 Å². The van der Waals surface area contributed by atoms with Gasteiger partial charge < -0.3 is 14.8 Å². The van der Waals surface area contributed by atoms with Crippen molar-refractivity contribution in [1.82, 2.24) is 5.32 Å². The molecule has 0 amide bonds. The molecule has 0 saturated heterocycles. The third-order valence-corrected chi connectivity index (χ3v) is 3.39. The van der Waals surface area contributed by atoms with Gasteiger partial charge in [0.2, 0.25) is 0 Å². The molecule has 5 heteroatoms. The van der Waals surface area contributed by atoms with Gasteiger partial charge in [-0.25, -0.2) is 4.39 Å². The number of nitrogens with one attached hydrogen (secondary N) is 1. The molecule has 1 N–H and O–H groups in total. The molecule has 0 unspecified atom stereocenters. The van der Waals surface area contributed by atoms with Crippen LogP contribution in [0.5, 0.6) is 11.5 Å². The summed E-state index contributed by atoms with van der Waals surface area (Å²) in [7, 11) is 3.48. The fourth-order valence-electron chi connectivity index (χ4n) is 1.95. The highest BCUT2D eigenvalue weighted by atomic mass is 35.5. The van der Waals surface area contributed by atoms with E-state index in [9.17, 15) is 4.39 Å². The molecule has 0 aromatic heterocycles. The summed E-state index contributed by atoms with van der Waals surface area (Å²) in [5.74, 6) is 1.15. The van der Waals surface area contributed by atoms with Crippen LogP contribution in [0, 0.1) is 5.82 Å². The maximum absolute atomic E-state index is 13.0. The first-order chi connectivity index (χ1) is 10.1. The van der Waals surface area contributed by atoms with Crippen molar-refractivity contribution >= 4 is 11.6 Å². The largest absolute Gasteiger partial charge is 0.497 e. The standard InChI is InChI=1S/C16H17ClFNO2/c1-19-9-12-7-14(20-2)5-6-16(12)21-10-11-3-4-13(18)8-15(11)17/h3-8,19H,9-10H2,1-2H3. The van der Waals surface area contributed by atoms with Crippen LogP contribution in [0.3, 0.4) is 0 Å². The molecule has 0 radical (unpaired) electrons. The quantitative estimate of drug-likeness (QED) is 0.880. The van der Waals surface area contributed by atoms with E-state index in [-0.39, 0.29) is 12.4 Å². The molecule has 2 aromatic rings. The summed E-state index contributed by atoms with van der Waals surface area (Å²) in [5, 5.41) is 3.44. The molecular formula is C16H17ClFNO2. The van der Waals surface area contributed by atoms with Crippen LogP contribution in [0.15, 0.2) is 36.4 Å². The molecule has 0 bridgehead atoms. The lowest BCUT2D eigenvalue weighted by atomic mass is 10.2. The van der Waals surface area contributed by atoms with E-state index >= 15 is 0 Å². The first kappa shape index (κ1) is 15.6. The molecule has 0 atom stereocenters. The second-order valence-electron chi connectivity index (χ2n) is 4.53. The lowest BCUT2D eigenvalue weighted by molar-refractivity contribution is 0.301. The van der Waals surface area contributed by atoms with E-state index in [4.69, 9.17) is 21.1 Å². The lowest BCUT2D eigenvalue weighted by Gasteiger charge is -2.13. The molecule has 0 aliphatic carbocycles. The summed E-state index contributed by atoms with van der Waals surface area (Å²) in [6, 6.07) is 9.87. The molecule has 21 heavy (non-hydrogen) atoms. The molecule has 2 rings (SSSR count). The second kappa shape index (κ2) is 7.29. The van der Waals surface area contributed by atoms with Crippen LogP contribution in [0.2, 0.25) is 5.02 Å². The number of methoxy groups -OCH3 is 1. The molecule has 0 fully saturated rings. The Bertz CT molecular complexity index is 619. The zero-order valence-corrected chi connectivity index (χ0v) is 12.7. The predicted molar refractivity (Wildman–Crippen MR) is 81.5 cm³/mol. The van der Waals surface area contributed by atoms with Gasteiger partial charge in [-0.3, -0.25) is 0 Å². The molecule has 0 heterocycles. The first-order valence-corrected chi connectivity index (χ1v) is 6.90. The third-order valence-electron chi connectivity index (χ3n) is 3.03. The Balaban J connectivity index is 2.15. The van der Waals surface area contributed by atoms with Gasteiger partial charge in [0.05, 0.1) is 12.1 Å². The zero-order valence-electron chi connectivity index (χ0n) is 12.0. The number of ether oxygens (including phenoxy) is 2. The molecule has 0 saturated carbocycles. The van der Waals surface area contributed by atoms with Crippen LogP contribution in [0.4, 0.5) is 4.39 Å². The molecule has 0 aliphatic heterocycles. The monoisotopic (exact) mass is 309 g/mol. The van der Waals surface area contributed by atoms with Crippen molar-refractivity contribution in [2.75, 3.05) is 14.2 Å². The van der Waals surface area contributed by atoms with Gasteiger partial charge in [0.15, 0.2) is 0 Å². The number of hydrogen-bond donors (Lipinski definition) is 1. The minimum absolute atomic E-state index is 0.280. The van der Waals surface area contributed by atoms with Gasteiger partial charge in [0.25, 0.3) is 0 Å². The van der Waals surface area contributed by atoms with Gasteiger partial charge in [0.1, 0.15) is 23.9 Å². The highest BCUT2D eigenvalue weighted by Gasteiger charge is 2.08. The summed E-state index contributed by atoms with van der Waals surface area (Å²) < 4.78 is 24.0. The Kier molecular flexibility index (Phi) is 5.42. The van der Waals surface area contributed by atoms with E-state index in [2.05, 4.69) is 5.32 Å². The van der Waals surface area contributed by atoms with E-state index in [1.165, 1.54) is 12.1 Å². The molecule has 112 valence electrons. The zero-order chi connectivity index (χ0) is 15.2. The Morgan fingerprint density at radius 3 is 2.62 bits per heavy atom. The summed E-state index contributed by atoms with van der Waals surface area (Å²) in [4.78, 5) is 0. The molecule has 3 nitrogen and oxygen atoms in total. The van der Waals surface area contributed by atoms with Crippen LogP contribution in [-0.4, -0.2) is 14.2 Å². The highest BCUT2D eigenvalue weighted by molar-refractivity contribution is 6.31. The summed E-state index contributed by atoms with van der Waals surface area (Å²) in [5.41, 5.74) is 1.72. The Morgan fingerprint density at radius 2 is 1.95 bits per heavy atom. The average molecular weight is 310 g/mol. The van der Waals surface area contributed by atoms with E-state index < -0.39 is 0 Å². The smallest absolute Gasteiger partial charge is 0.124 e. The SMILES string of the molecule is CNCc1cc(OC)ccc1OCc1ccc(F)cc1Cl. The third kappa shape index (κ3) is 4.09. The van der Waals surface area contributed by atoms with Crippen molar-refractivity contribution < 1.29 is 13.9 Å². The second-order valence-corrected chi connectivity index (χ2v) is 4.94. The molecule has 0 spiro atoms. The van der Waals surface area contributed by atoms with Crippen LogP contribution in [-0.2, 0) is 13.2 Å². The maximum Gasteiger partial charge on any atom is 0.124 e. The topological polar surface area (TPSA) is 30.5 Å². The van der Waals surface area contributed by atoms with Crippen LogP contribution in [0.1, 0.15) is 11.1 Å². The molecule has 0 aliphatic rings. The van der Waals surface area contributed by atoms with Crippen molar-refractivity contribution in [2.45, 2.75) is 13.2 Å². The van der Waals surface area contributed by atoms with Crippen LogP contribution in [0.25, 0.3) is 0 Å². The van der Waals surface area contributed by atoms with E-state index in [0.29, 0.717) is 11.6 Å². The van der Waals surface area contributed by atoms with E-state index in [1.807, 2.05) is 25.2 Å². The Morgan fingerprint density at radius 1 is 1.14 bits per heavy atom. The number of rotatable bonds is 6. The molecular weight excluding hydrogens is 293 g/mol. The summed E-state index contributed by atoms with van der Waals surface area (Å²) >= 11 is 5.99. The number of halogens is 2. The normalized spacial score (nSPS) is 10.5.